The predicted octanol–water partition coefficient (Wildman–Crippen LogP) is 1.86. The Morgan fingerprint density at radius 1 is 1.35 bits per heavy atom. The molecule has 1 amide bonds. The SMILES string of the molecule is COC(=O)CCCNC(=O)CN(Cc1ccccc1F)C1CC1. The van der Waals surface area contributed by atoms with E-state index in [9.17, 15) is 14.0 Å². The van der Waals surface area contributed by atoms with Gasteiger partial charge in [-0.25, -0.2) is 4.39 Å². The van der Waals surface area contributed by atoms with Crippen LogP contribution in [0.5, 0.6) is 0 Å². The van der Waals surface area contributed by atoms with Gasteiger partial charge in [0.05, 0.1) is 13.7 Å². The smallest absolute Gasteiger partial charge is 0.305 e. The molecule has 1 fully saturated rings. The second-order valence-corrected chi connectivity index (χ2v) is 5.76. The van der Waals surface area contributed by atoms with Gasteiger partial charge in [-0.15, -0.1) is 0 Å². The van der Waals surface area contributed by atoms with Gasteiger partial charge in [0.1, 0.15) is 5.82 Å². The fraction of sp³-hybridized carbons (Fsp3) is 0.529. The molecule has 0 bridgehead atoms. The number of rotatable bonds is 9. The molecule has 0 radical (unpaired) electrons. The Labute approximate surface area is 135 Å². The third-order valence-corrected chi connectivity index (χ3v) is 3.85. The number of carbonyl (C=O) groups excluding carboxylic acids is 2. The lowest BCUT2D eigenvalue weighted by Gasteiger charge is -2.21. The van der Waals surface area contributed by atoms with E-state index in [0.717, 1.165) is 12.8 Å². The Balaban J connectivity index is 1.77. The van der Waals surface area contributed by atoms with E-state index in [0.29, 0.717) is 37.5 Å². The van der Waals surface area contributed by atoms with Crippen molar-refractivity contribution in [2.24, 2.45) is 0 Å². The van der Waals surface area contributed by atoms with Gasteiger partial charge in [0.15, 0.2) is 0 Å². The third-order valence-electron chi connectivity index (χ3n) is 3.85. The van der Waals surface area contributed by atoms with Crippen molar-refractivity contribution < 1.29 is 18.7 Å². The van der Waals surface area contributed by atoms with Gasteiger partial charge in [-0.3, -0.25) is 14.5 Å². The maximum absolute atomic E-state index is 13.8. The van der Waals surface area contributed by atoms with E-state index in [4.69, 9.17) is 0 Å². The standard InChI is InChI=1S/C17H23FN2O3/c1-23-17(22)7-4-10-19-16(21)12-20(14-8-9-14)11-13-5-2-3-6-15(13)18/h2-3,5-6,14H,4,7-12H2,1H3,(H,19,21). The first-order chi connectivity index (χ1) is 11.1. The van der Waals surface area contributed by atoms with Crippen molar-refractivity contribution in [1.29, 1.82) is 0 Å². The number of amides is 1. The number of hydrogen-bond donors (Lipinski definition) is 1. The van der Waals surface area contributed by atoms with E-state index in [2.05, 4.69) is 10.1 Å². The summed E-state index contributed by atoms with van der Waals surface area (Å²) in [5.41, 5.74) is 0.609. The first-order valence-corrected chi connectivity index (χ1v) is 7.91. The number of esters is 1. The first kappa shape index (κ1) is 17.4. The van der Waals surface area contributed by atoms with Crippen LogP contribution in [0.2, 0.25) is 0 Å². The summed E-state index contributed by atoms with van der Waals surface area (Å²) in [6, 6.07) is 7.01. The molecule has 5 nitrogen and oxygen atoms in total. The molecule has 1 saturated carbocycles. The van der Waals surface area contributed by atoms with E-state index in [-0.39, 0.29) is 24.2 Å². The van der Waals surface area contributed by atoms with Crippen LogP contribution in [0, 0.1) is 5.82 Å². The Bertz CT molecular complexity index is 546. The van der Waals surface area contributed by atoms with Crippen molar-refractivity contribution in [3.8, 4) is 0 Å². The molecule has 6 heteroatoms. The van der Waals surface area contributed by atoms with Crippen LogP contribution in [-0.2, 0) is 20.9 Å². The van der Waals surface area contributed by atoms with Gasteiger partial charge in [0, 0.05) is 31.1 Å². The zero-order valence-corrected chi connectivity index (χ0v) is 13.4. The number of benzene rings is 1. The van der Waals surface area contributed by atoms with Crippen molar-refractivity contribution >= 4 is 11.9 Å². The lowest BCUT2D eigenvalue weighted by Crippen LogP contribution is -2.38. The summed E-state index contributed by atoms with van der Waals surface area (Å²) in [6.07, 6.45) is 2.93. The van der Waals surface area contributed by atoms with Crippen LogP contribution < -0.4 is 5.32 Å². The van der Waals surface area contributed by atoms with Gasteiger partial charge in [-0.05, 0) is 25.3 Å². The topological polar surface area (TPSA) is 58.6 Å². The van der Waals surface area contributed by atoms with Crippen molar-refractivity contribution in [3.63, 3.8) is 0 Å². The van der Waals surface area contributed by atoms with E-state index in [1.54, 1.807) is 18.2 Å². The number of nitrogens with zero attached hydrogens (tertiary/aromatic N) is 1. The van der Waals surface area contributed by atoms with Crippen LogP contribution in [-0.4, -0.2) is 43.0 Å². The Kier molecular flexibility index (Phi) is 6.52. The number of nitrogens with one attached hydrogen (secondary N) is 1. The minimum Gasteiger partial charge on any atom is -0.469 e. The molecule has 1 aromatic rings. The Morgan fingerprint density at radius 2 is 2.09 bits per heavy atom. The van der Waals surface area contributed by atoms with E-state index < -0.39 is 0 Å². The number of hydrogen-bond acceptors (Lipinski definition) is 4. The summed E-state index contributed by atoms with van der Waals surface area (Å²) >= 11 is 0. The zero-order chi connectivity index (χ0) is 16.7. The molecular weight excluding hydrogens is 299 g/mol. The normalized spacial score (nSPS) is 13.9. The van der Waals surface area contributed by atoms with Crippen LogP contribution in [0.1, 0.15) is 31.2 Å². The second kappa shape index (κ2) is 8.62. The van der Waals surface area contributed by atoms with Gasteiger partial charge in [0.25, 0.3) is 0 Å². The maximum Gasteiger partial charge on any atom is 0.305 e. The number of halogens is 1. The quantitative estimate of drug-likeness (QED) is 0.557. The minimum atomic E-state index is -0.279. The summed E-state index contributed by atoms with van der Waals surface area (Å²) < 4.78 is 18.3. The molecule has 126 valence electrons. The third kappa shape index (κ3) is 5.98. The molecule has 1 aromatic carbocycles. The lowest BCUT2D eigenvalue weighted by atomic mass is 10.2. The number of carbonyl (C=O) groups is 2. The summed E-state index contributed by atoms with van der Waals surface area (Å²) in [6.45, 7) is 1.12. The fourth-order valence-corrected chi connectivity index (χ4v) is 2.40. The number of ether oxygens (including phenoxy) is 1. The van der Waals surface area contributed by atoms with E-state index in [1.165, 1.54) is 13.2 Å². The first-order valence-electron chi connectivity index (χ1n) is 7.91. The van der Waals surface area contributed by atoms with E-state index >= 15 is 0 Å². The van der Waals surface area contributed by atoms with Gasteiger partial charge < -0.3 is 10.1 Å². The van der Waals surface area contributed by atoms with Crippen LogP contribution in [0.4, 0.5) is 4.39 Å². The molecule has 23 heavy (non-hydrogen) atoms. The molecular formula is C17H23FN2O3. The molecule has 1 aliphatic carbocycles. The maximum atomic E-state index is 13.8. The summed E-state index contributed by atoms with van der Waals surface area (Å²) in [4.78, 5) is 25.0. The largest absolute Gasteiger partial charge is 0.469 e. The molecule has 1 aliphatic rings. The van der Waals surface area contributed by atoms with Crippen molar-refractivity contribution in [2.45, 2.75) is 38.3 Å². The van der Waals surface area contributed by atoms with Crippen molar-refractivity contribution in [3.05, 3.63) is 35.6 Å². The van der Waals surface area contributed by atoms with Crippen LogP contribution in [0.15, 0.2) is 24.3 Å². The summed E-state index contributed by atoms with van der Waals surface area (Å²) in [5, 5.41) is 2.79. The van der Waals surface area contributed by atoms with Crippen molar-refractivity contribution in [1.82, 2.24) is 10.2 Å². The average molecular weight is 322 g/mol. The molecule has 2 rings (SSSR count). The van der Waals surface area contributed by atoms with Crippen LogP contribution >= 0.6 is 0 Å². The molecule has 0 spiro atoms. The Morgan fingerprint density at radius 3 is 2.74 bits per heavy atom. The highest BCUT2D eigenvalue weighted by Crippen LogP contribution is 2.28. The van der Waals surface area contributed by atoms with Crippen LogP contribution in [0.25, 0.3) is 0 Å². The summed E-state index contributed by atoms with van der Waals surface area (Å²) in [5.74, 6) is -0.617. The molecule has 0 heterocycles. The summed E-state index contributed by atoms with van der Waals surface area (Å²) in [7, 11) is 1.34. The molecule has 1 N–H and O–H groups in total. The molecule has 0 unspecified atom stereocenters. The highest BCUT2D eigenvalue weighted by Gasteiger charge is 2.30. The van der Waals surface area contributed by atoms with Crippen molar-refractivity contribution in [2.75, 3.05) is 20.2 Å². The minimum absolute atomic E-state index is 0.0990. The van der Waals surface area contributed by atoms with Gasteiger partial charge in [-0.1, -0.05) is 18.2 Å². The lowest BCUT2D eigenvalue weighted by molar-refractivity contribution is -0.140. The molecule has 0 aliphatic heterocycles. The van der Waals surface area contributed by atoms with E-state index in [1.807, 2.05) is 4.90 Å². The number of methoxy groups -OCH3 is 1. The zero-order valence-electron chi connectivity index (χ0n) is 13.4. The molecule has 0 aromatic heterocycles. The van der Waals surface area contributed by atoms with Gasteiger partial charge in [-0.2, -0.15) is 0 Å². The predicted molar refractivity (Wildman–Crippen MR) is 84.1 cm³/mol. The second-order valence-electron chi connectivity index (χ2n) is 5.76. The highest BCUT2D eigenvalue weighted by atomic mass is 19.1. The highest BCUT2D eigenvalue weighted by molar-refractivity contribution is 5.78. The Hall–Kier alpha value is -1.95. The van der Waals surface area contributed by atoms with Gasteiger partial charge >= 0.3 is 5.97 Å². The molecule has 0 atom stereocenters. The average Bonchev–Trinajstić information content (AvgIpc) is 3.37. The molecule has 0 saturated heterocycles. The monoisotopic (exact) mass is 322 g/mol. The van der Waals surface area contributed by atoms with Crippen LogP contribution in [0.3, 0.4) is 0 Å². The van der Waals surface area contributed by atoms with Gasteiger partial charge in [0.2, 0.25) is 5.91 Å². The fourth-order valence-electron chi connectivity index (χ4n) is 2.40.